The maximum absolute atomic E-state index is 14.1. The Bertz CT molecular complexity index is 1550. The molecule has 35 heavy (non-hydrogen) atoms. The summed E-state index contributed by atoms with van der Waals surface area (Å²) in [7, 11) is 1.44. The number of pyridine rings is 1. The fraction of sp³-hybridized carbons (Fsp3) is 0.174. The molecule has 0 fully saturated rings. The second-order valence-electron chi connectivity index (χ2n) is 7.73. The van der Waals surface area contributed by atoms with Gasteiger partial charge in [0.05, 0.1) is 36.6 Å². The van der Waals surface area contributed by atoms with Gasteiger partial charge in [0.2, 0.25) is 5.88 Å². The lowest BCUT2D eigenvalue weighted by molar-refractivity contribution is 0.398. The molecule has 1 atom stereocenters. The minimum Gasteiger partial charge on any atom is -0.481 e. The first-order valence-electron chi connectivity index (χ1n) is 10.6. The number of hydrogen-bond donors (Lipinski definition) is 1. The number of fused-ring (bicyclic) bond motifs is 1. The maximum atomic E-state index is 14.1. The fourth-order valence-electron chi connectivity index (χ4n) is 4.06. The molecule has 0 spiro atoms. The zero-order valence-corrected chi connectivity index (χ0v) is 18.7. The molecule has 0 aliphatic rings. The highest BCUT2D eigenvalue weighted by Gasteiger charge is 2.25. The molecular weight excluding hydrogens is 461 g/mol. The molecule has 0 unspecified atom stereocenters. The summed E-state index contributed by atoms with van der Waals surface area (Å²) in [5.41, 5.74) is 8.48. The Morgan fingerprint density at radius 2 is 1.86 bits per heavy atom. The van der Waals surface area contributed by atoms with E-state index in [0.29, 0.717) is 40.0 Å². The van der Waals surface area contributed by atoms with Gasteiger partial charge in [-0.1, -0.05) is 12.1 Å². The molecule has 5 aromatic rings. The van der Waals surface area contributed by atoms with E-state index in [1.54, 1.807) is 12.4 Å². The lowest BCUT2D eigenvalue weighted by Crippen LogP contribution is -2.10. The molecule has 5 rings (SSSR count). The molecule has 2 N–H and O–H groups in total. The van der Waals surface area contributed by atoms with Gasteiger partial charge in [-0.05, 0) is 24.6 Å². The van der Waals surface area contributed by atoms with Crippen LogP contribution in [0.25, 0.3) is 27.8 Å². The average molecular weight is 480 g/mol. The summed E-state index contributed by atoms with van der Waals surface area (Å²) in [6.07, 6.45) is 6.36. The molecule has 9 nitrogen and oxygen atoms in total. The molecule has 0 amide bonds. The molecule has 0 saturated carbocycles. The summed E-state index contributed by atoms with van der Waals surface area (Å²) in [5, 5.41) is 8.84. The van der Waals surface area contributed by atoms with E-state index in [1.165, 1.54) is 30.3 Å². The number of nitrogens with zero attached hydrogens (tertiary/aromatic N) is 7. The Morgan fingerprint density at radius 3 is 2.60 bits per heavy atom. The van der Waals surface area contributed by atoms with Crippen LogP contribution in [-0.4, -0.2) is 41.6 Å². The lowest BCUT2D eigenvalue weighted by atomic mass is 10.1. The van der Waals surface area contributed by atoms with Gasteiger partial charge in [-0.15, -0.1) is 5.10 Å². The summed E-state index contributed by atoms with van der Waals surface area (Å²) >= 11 is 0. The number of rotatable bonds is 6. The van der Waals surface area contributed by atoms with Crippen LogP contribution < -0.4 is 10.5 Å². The quantitative estimate of drug-likeness (QED) is 0.390. The van der Waals surface area contributed by atoms with Crippen molar-refractivity contribution in [2.75, 3.05) is 12.8 Å². The first-order valence-corrected chi connectivity index (χ1v) is 10.6. The van der Waals surface area contributed by atoms with Crippen LogP contribution in [0.15, 0.2) is 49.2 Å². The number of nitrogen functional groups attached to an aromatic ring is 1. The number of halogens is 3. The lowest BCUT2D eigenvalue weighted by Gasteiger charge is -2.15. The highest BCUT2D eigenvalue weighted by Crippen LogP contribution is 2.39. The SMILES string of the molecule is CC[C@@H](c1cn(-c2ccc(F)c(F)c2)nn1)n1cc(-c2cc(F)cnc2OC)c2c(N)ncnc21. The van der Waals surface area contributed by atoms with Crippen molar-refractivity contribution in [2.24, 2.45) is 0 Å². The van der Waals surface area contributed by atoms with Crippen molar-refractivity contribution in [3.8, 4) is 22.7 Å². The molecule has 0 aliphatic carbocycles. The zero-order chi connectivity index (χ0) is 24.7. The second-order valence-corrected chi connectivity index (χ2v) is 7.73. The van der Waals surface area contributed by atoms with Gasteiger partial charge in [0, 0.05) is 23.4 Å². The van der Waals surface area contributed by atoms with Gasteiger partial charge in [-0.2, -0.15) is 0 Å². The minimum absolute atomic E-state index is 0.204. The second kappa shape index (κ2) is 8.70. The molecule has 1 aromatic carbocycles. The van der Waals surface area contributed by atoms with Gasteiger partial charge < -0.3 is 15.0 Å². The third kappa shape index (κ3) is 3.82. The Labute approximate surface area is 197 Å². The van der Waals surface area contributed by atoms with Gasteiger partial charge in [0.15, 0.2) is 11.6 Å². The van der Waals surface area contributed by atoms with Crippen molar-refractivity contribution in [2.45, 2.75) is 19.4 Å². The van der Waals surface area contributed by atoms with Gasteiger partial charge in [0.1, 0.15) is 29.3 Å². The Hall–Kier alpha value is -4.48. The fourth-order valence-corrected chi connectivity index (χ4v) is 4.06. The topological polar surface area (TPSA) is 110 Å². The Morgan fingerprint density at radius 1 is 1.03 bits per heavy atom. The van der Waals surface area contributed by atoms with Gasteiger partial charge in [-0.3, -0.25) is 0 Å². The van der Waals surface area contributed by atoms with Crippen LogP contribution in [-0.2, 0) is 0 Å². The third-order valence-corrected chi connectivity index (χ3v) is 5.68. The summed E-state index contributed by atoms with van der Waals surface area (Å²) < 4.78 is 49.7. The van der Waals surface area contributed by atoms with Gasteiger partial charge >= 0.3 is 0 Å². The molecule has 178 valence electrons. The normalized spacial score (nSPS) is 12.3. The van der Waals surface area contributed by atoms with E-state index in [9.17, 15) is 13.2 Å². The molecule has 4 heterocycles. The number of benzene rings is 1. The summed E-state index contributed by atoms with van der Waals surface area (Å²) in [5.74, 6) is -2.07. The van der Waals surface area contributed by atoms with Crippen LogP contribution in [0.4, 0.5) is 19.0 Å². The van der Waals surface area contributed by atoms with E-state index in [4.69, 9.17) is 10.5 Å². The van der Waals surface area contributed by atoms with Crippen LogP contribution in [0, 0.1) is 17.5 Å². The number of hydrogen-bond acceptors (Lipinski definition) is 7. The zero-order valence-electron chi connectivity index (χ0n) is 18.7. The highest BCUT2D eigenvalue weighted by atomic mass is 19.2. The van der Waals surface area contributed by atoms with Crippen molar-refractivity contribution in [3.05, 3.63) is 72.3 Å². The van der Waals surface area contributed by atoms with E-state index in [-0.39, 0.29) is 17.7 Å². The molecule has 0 radical (unpaired) electrons. The molecule has 12 heteroatoms. The summed E-state index contributed by atoms with van der Waals surface area (Å²) in [4.78, 5) is 12.5. The number of ether oxygens (including phenoxy) is 1. The number of anilines is 1. The summed E-state index contributed by atoms with van der Waals surface area (Å²) in [6, 6.07) is 4.40. The molecular formula is C23H19F3N8O. The first kappa shape index (κ1) is 22.3. The van der Waals surface area contributed by atoms with Crippen LogP contribution >= 0.6 is 0 Å². The van der Waals surface area contributed by atoms with E-state index in [1.807, 2.05) is 11.5 Å². The Balaban J connectivity index is 1.66. The number of aromatic nitrogens is 7. The van der Waals surface area contributed by atoms with Crippen molar-refractivity contribution in [1.82, 2.24) is 34.5 Å². The van der Waals surface area contributed by atoms with Crippen LogP contribution in [0.2, 0.25) is 0 Å². The van der Waals surface area contributed by atoms with Crippen molar-refractivity contribution >= 4 is 16.9 Å². The maximum Gasteiger partial charge on any atom is 0.221 e. The van der Waals surface area contributed by atoms with E-state index in [2.05, 4.69) is 25.3 Å². The van der Waals surface area contributed by atoms with Crippen LogP contribution in [0.1, 0.15) is 25.1 Å². The van der Waals surface area contributed by atoms with E-state index < -0.39 is 17.5 Å². The molecule has 0 aliphatic heterocycles. The smallest absolute Gasteiger partial charge is 0.221 e. The molecule has 0 saturated heterocycles. The first-order chi connectivity index (χ1) is 16.9. The standard InChI is InChI=1S/C23H19F3N8O/c1-3-19(18-10-34(32-31-18)13-4-5-16(25)17(26)7-13)33-9-15(20-21(27)29-11-30-22(20)33)14-6-12(24)8-28-23(14)35-2/h4-11,19H,3H2,1-2H3,(H2,27,29,30)/t19-/m0/s1. The van der Waals surface area contributed by atoms with Crippen molar-refractivity contribution < 1.29 is 17.9 Å². The number of nitrogens with two attached hydrogens (primary N) is 1. The highest BCUT2D eigenvalue weighted by molar-refractivity contribution is 6.01. The largest absolute Gasteiger partial charge is 0.481 e. The predicted molar refractivity (Wildman–Crippen MR) is 121 cm³/mol. The number of methoxy groups -OCH3 is 1. The Kier molecular flexibility index (Phi) is 5.55. The van der Waals surface area contributed by atoms with Gasteiger partial charge in [-0.25, -0.2) is 32.8 Å². The van der Waals surface area contributed by atoms with Crippen molar-refractivity contribution in [3.63, 3.8) is 0 Å². The molecule has 4 aromatic heterocycles. The van der Waals surface area contributed by atoms with E-state index >= 15 is 0 Å². The van der Waals surface area contributed by atoms with E-state index in [0.717, 1.165) is 18.3 Å². The predicted octanol–water partition coefficient (Wildman–Crippen LogP) is 4.08. The minimum atomic E-state index is -0.988. The third-order valence-electron chi connectivity index (χ3n) is 5.68. The average Bonchev–Trinajstić information content (AvgIpc) is 3.48. The van der Waals surface area contributed by atoms with Gasteiger partial charge in [0.25, 0.3) is 0 Å². The molecule has 0 bridgehead atoms. The van der Waals surface area contributed by atoms with Crippen molar-refractivity contribution in [1.29, 1.82) is 0 Å². The summed E-state index contributed by atoms with van der Waals surface area (Å²) in [6.45, 7) is 1.95. The van der Waals surface area contributed by atoms with Crippen LogP contribution in [0.3, 0.4) is 0 Å². The van der Waals surface area contributed by atoms with Crippen LogP contribution in [0.5, 0.6) is 5.88 Å². The monoisotopic (exact) mass is 480 g/mol.